The second-order valence-electron chi connectivity index (χ2n) is 5.77. The summed E-state index contributed by atoms with van der Waals surface area (Å²) in [6.45, 7) is 6.16. The van der Waals surface area contributed by atoms with Gasteiger partial charge in [-0.3, -0.25) is 10.1 Å². The SMILES string of the molecule is CC(C)(C)c1cnc(Sc2ccc(S(N)(=O)=O)cc2[N+](=O)[O-])s1. The molecule has 7 nitrogen and oxygen atoms in total. The summed E-state index contributed by atoms with van der Waals surface area (Å²) in [5, 5.41) is 16.2. The number of primary sulfonamides is 1. The minimum Gasteiger partial charge on any atom is -0.258 e. The van der Waals surface area contributed by atoms with Crippen LogP contribution >= 0.6 is 23.1 Å². The van der Waals surface area contributed by atoms with Gasteiger partial charge in [0, 0.05) is 17.1 Å². The van der Waals surface area contributed by atoms with Crippen LogP contribution in [0.15, 0.2) is 38.5 Å². The maximum absolute atomic E-state index is 11.3. The zero-order chi connectivity index (χ0) is 17.4. The van der Waals surface area contributed by atoms with Crippen molar-refractivity contribution in [1.82, 2.24) is 4.98 Å². The molecule has 23 heavy (non-hydrogen) atoms. The van der Waals surface area contributed by atoms with Gasteiger partial charge in [0.1, 0.15) is 0 Å². The van der Waals surface area contributed by atoms with E-state index < -0.39 is 14.9 Å². The lowest BCUT2D eigenvalue weighted by atomic mass is 9.96. The summed E-state index contributed by atoms with van der Waals surface area (Å²) in [6, 6.07) is 3.60. The summed E-state index contributed by atoms with van der Waals surface area (Å²) >= 11 is 2.58. The topological polar surface area (TPSA) is 116 Å². The van der Waals surface area contributed by atoms with Gasteiger partial charge >= 0.3 is 0 Å². The zero-order valence-corrected chi connectivity index (χ0v) is 15.1. The van der Waals surface area contributed by atoms with Crippen molar-refractivity contribution in [3.05, 3.63) is 39.4 Å². The second kappa shape index (κ2) is 6.19. The molecular formula is C13H15N3O4S3. The predicted molar refractivity (Wildman–Crippen MR) is 89.4 cm³/mol. The number of nitrogens with zero attached hydrogens (tertiary/aromatic N) is 2. The van der Waals surface area contributed by atoms with Gasteiger partial charge < -0.3 is 0 Å². The van der Waals surface area contributed by atoms with Crippen molar-refractivity contribution in [1.29, 1.82) is 0 Å². The Morgan fingerprint density at radius 2 is 2.00 bits per heavy atom. The highest BCUT2D eigenvalue weighted by molar-refractivity contribution is 8.01. The van der Waals surface area contributed by atoms with Gasteiger partial charge in [-0.1, -0.05) is 32.5 Å². The molecule has 0 aliphatic rings. The molecule has 2 N–H and O–H groups in total. The van der Waals surface area contributed by atoms with Crippen LogP contribution in [0.5, 0.6) is 0 Å². The molecule has 0 spiro atoms. The smallest absolute Gasteiger partial charge is 0.258 e. The number of benzene rings is 1. The number of nitrogens with two attached hydrogens (primary N) is 1. The van der Waals surface area contributed by atoms with Crippen LogP contribution in [-0.2, 0) is 15.4 Å². The third-order valence-corrected chi connectivity index (χ3v) is 6.35. The van der Waals surface area contributed by atoms with Crippen LogP contribution in [0.25, 0.3) is 0 Å². The van der Waals surface area contributed by atoms with Gasteiger partial charge in [0.05, 0.1) is 14.7 Å². The van der Waals surface area contributed by atoms with E-state index in [1.807, 2.05) is 0 Å². The quantitative estimate of drug-likeness (QED) is 0.650. The van der Waals surface area contributed by atoms with Crippen LogP contribution < -0.4 is 5.14 Å². The second-order valence-corrected chi connectivity index (χ2v) is 9.66. The van der Waals surface area contributed by atoms with Crippen LogP contribution in [0.2, 0.25) is 0 Å². The summed E-state index contributed by atoms with van der Waals surface area (Å²) in [6.07, 6.45) is 1.75. The lowest BCUT2D eigenvalue weighted by Crippen LogP contribution is -2.12. The number of sulfonamides is 1. The molecule has 124 valence electrons. The number of nitro benzene ring substituents is 1. The van der Waals surface area contributed by atoms with E-state index >= 15 is 0 Å². The maximum Gasteiger partial charge on any atom is 0.284 e. The lowest BCUT2D eigenvalue weighted by Gasteiger charge is -2.14. The Morgan fingerprint density at radius 3 is 2.48 bits per heavy atom. The third-order valence-electron chi connectivity index (χ3n) is 2.88. The number of hydrogen-bond donors (Lipinski definition) is 1. The van der Waals surface area contributed by atoms with Gasteiger partial charge in [-0.05, 0) is 17.5 Å². The first kappa shape index (κ1) is 17.9. The van der Waals surface area contributed by atoms with E-state index in [2.05, 4.69) is 25.8 Å². The van der Waals surface area contributed by atoms with E-state index in [0.717, 1.165) is 22.7 Å². The standard InChI is InChI=1S/C13H15N3O4S3/c1-13(2,3)11-7-15-12(22-11)21-10-5-4-8(23(14,19)20)6-9(10)16(17)18/h4-7H,1-3H3,(H2,14,19,20). The number of nitro groups is 1. The largest absolute Gasteiger partial charge is 0.284 e. The van der Waals surface area contributed by atoms with Crippen molar-refractivity contribution in [2.75, 3.05) is 0 Å². The summed E-state index contributed by atoms with van der Waals surface area (Å²) in [5.74, 6) is 0. The third kappa shape index (κ3) is 4.28. The average molecular weight is 373 g/mol. The Labute approximate surface area is 142 Å². The van der Waals surface area contributed by atoms with Crippen molar-refractivity contribution in [3.63, 3.8) is 0 Å². The molecule has 0 amide bonds. The Morgan fingerprint density at radius 1 is 1.35 bits per heavy atom. The van der Waals surface area contributed by atoms with Crippen LogP contribution in [0, 0.1) is 10.1 Å². The Kier molecular flexibility index (Phi) is 4.81. The number of aromatic nitrogens is 1. The zero-order valence-electron chi connectivity index (χ0n) is 12.6. The Hall–Kier alpha value is -1.49. The molecule has 0 aliphatic heterocycles. The molecule has 0 bridgehead atoms. The lowest BCUT2D eigenvalue weighted by molar-refractivity contribution is -0.388. The van der Waals surface area contributed by atoms with E-state index in [4.69, 9.17) is 5.14 Å². The first-order valence-corrected chi connectivity index (χ1v) is 9.62. The molecule has 2 aromatic rings. The van der Waals surface area contributed by atoms with Gasteiger partial charge in [0.2, 0.25) is 10.0 Å². The molecule has 2 rings (SSSR count). The first-order valence-electron chi connectivity index (χ1n) is 6.44. The molecule has 1 aromatic heterocycles. The van der Waals surface area contributed by atoms with Gasteiger partial charge in [0.25, 0.3) is 5.69 Å². The summed E-state index contributed by atoms with van der Waals surface area (Å²) < 4.78 is 23.3. The molecule has 0 atom stereocenters. The van der Waals surface area contributed by atoms with Crippen LogP contribution in [0.3, 0.4) is 0 Å². The highest BCUT2D eigenvalue weighted by Gasteiger charge is 2.22. The van der Waals surface area contributed by atoms with Gasteiger partial charge in [-0.2, -0.15) is 0 Å². The van der Waals surface area contributed by atoms with Crippen molar-refractivity contribution in [2.24, 2.45) is 5.14 Å². The van der Waals surface area contributed by atoms with Crippen molar-refractivity contribution in [2.45, 2.75) is 40.3 Å². The fraction of sp³-hybridized carbons (Fsp3) is 0.308. The highest BCUT2D eigenvalue weighted by atomic mass is 32.2. The molecule has 0 aliphatic carbocycles. The van der Waals surface area contributed by atoms with Crippen LogP contribution in [0.4, 0.5) is 5.69 Å². The van der Waals surface area contributed by atoms with E-state index in [1.165, 1.54) is 23.5 Å². The van der Waals surface area contributed by atoms with Gasteiger partial charge in [0.15, 0.2) is 4.34 Å². The fourth-order valence-electron chi connectivity index (χ4n) is 1.65. The first-order chi connectivity index (χ1) is 10.5. The van der Waals surface area contributed by atoms with E-state index in [0.29, 0.717) is 9.24 Å². The van der Waals surface area contributed by atoms with Gasteiger partial charge in [-0.15, -0.1) is 11.3 Å². The van der Waals surface area contributed by atoms with E-state index in [1.54, 1.807) is 6.20 Å². The molecule has 1 aromatic carbocycles. The number of thiazole rings is 1. The van der Waals surface area contributed by atoms with Crippen molar-refractivity contribution < 1.29 is 13.3 Å². The van der Waals surface area contributed by atoms with Crippen molar-refractivity contribution in [3.8, 4) is 0 Å². The summed E-state index contributed by atoms with van der Waals surface area (Å²) in [7, 11) is -3.99. The Balaban J connectivity index is 2.40. The molecule has 0 fully saturated rings. The normalized spacial score (nSPS) is 12.3. The molecule has 10 heteroatoms. The monoisotopic (exact) mass is 373 g/mol. The fourth-order valence-corrected chi connectivity index (χ4v) is 4.26. The molecular weight excluding hydrogens is 358 g/mol. The summed E-state index contributed by atoms with van der Waals surface area (Å²) in [5.41, 5.74) is -0.367. The number of hydrogen-bond acceptors (Lipinski definition) is 7. The summed E-state index contributed by atoms with van der Waals surface area (Å²) in [4.78, 5) is 15.9. The Bertz CT molecular complexity index is 854. The average Bonchev–Trinajstić information content (AvgIpc) is 2.86. The van der Waals surface area contributed by atoms with Crippen LogP contribution in [0.1, 0.15) is 25.6 Å². The van der Waals surface area contributed by atoms with E-state index in [-0.39, 0.29) is 16.0 Å². The van der Waals surface area contributed by atoms with Crippen LogP contribution in [-0.4, -0.2) is 18.3 Å². The minimum absolute atomic E-state index is 0.0557. The van der Waals surface area contributed by atoms with Crippen molar-refractivity contribution >= 4 is 38.8 Å². The van der Waals surface area contributed by atoms with E-state index in [9.17, 15) is 18.5 Å². The minimum atomic E-state index is -3.99. The number of rotatable bonds is 4. The predicted octanol–water partition coefficient (Wildman–Crippen LogP) is 3.15. The molecule has 0 radical (unpaired) electrons. The van der Waals surface area contributed by atoms with Gasteiger partial charge in [-0.25, -0.2) is 18.5 Å². The highest BCUT2D eigenvalue weighted by Crippen LogP contribution is 2.39. The molecule has 0 saturated carbocycles. The molecule has 0 unspecified atom stereocenters. The maximum atomic E-state index is 11.3. The molecule has 0 saturated heterocycles. The molecule has 1 heterocycles.